The number of aliphatic carboxylic acids is 1. The molecule has 2 unspecified atom stereocenters. The maximum atomic E-state index is 10.5. The largest absolute Gasteiger partial charge is 0.480 e. The number of rotatable bonds is 9. The number of aliphatic imine (C=N–C) groups is 1. The highest BCUT2D eigenvalue weighted by molar-refractivity contribution is 5.75. The highest BCUT2D eigenvalue weighted by Gasteiger charge is 2.13. The first-order valence-electron chi connectivity index (χ1n) is 6.04. The van der Waals surface area contributed by atoms with Gasteiger partial charge in [-0.05, 0) is 25.7 Å². The molecule has 6 heteroatoms. The Balaban J connectivity index is 3.99. The van der Waals surface area contributed by atoms with E-state index in [-0.39, 0.29) is 12.0 Å². The summed E-state index contributed by atoms with van der Waals surface area (Å²) in [4.78, 5) is 14.7. The van der Waals surface area contributed by atoms with Crippen LogP contribution in [0.5, 0.6) is 0 Å². The number of unbranched alkanes of at least 4 members (excludes halogenated alkanes) is 1. The molecule has 0 saturated carbocycles. The van der Waals surface area contributed by atoms with Crippen molar-refractivity contribution in [2.75, 3.05) is 0 Å². The third kappa shape index (κ3) is 8.50. The van der Waals surface area contributed by atoms with Gasteiger partial charge in [0, 0.05) is 0 Å². The van der Waals surface area contributed by atoms with Gasteiger partial charge >= 0.3 is 5.97 Å². The molecular formula is C11H24N4O2. The zero-order chi connectivity index (χ0) is 13.3. The van der Waals surface area contributed by atoms with Crippen molar-refractivity contribution in [3.63, 3.8) is 0 Å². The summed E-state index contributed by atoms with van der Waals surface area (Å²) in [6.07, 6.45) is 5.03. The molecule has 0 aromatic carbocycles. The molecule has 0 amide bonds. The summed E-state index contributed by atoms with van der Waals surface area (Å²) in [5.41, 5.74) is 16.1. The van der Waals surface area contributed by atoms with E-state index in [1.54, 1.807) is 0 Å². The van der Waals surface area contributed by atoms with Crippen molar-refractivity contribution in [2.24, 2.45) is 22.2 Å². The average molecular weight is 244 g/mol. The second kappa shape index (κ2) is 8.81. The van der Waals surface area contributed by atoms with Crippen LogP contribution in [0.25, 0.3) is 0 Å². The lowest BCUT2D eigenvalue weighted by molar-refractivity contribution is -0.138. The molecule has 0 aliphatic heterocycles. The van der Waals surface area contributed by atoms with Gasteiger partial charge in [-0.1, -0.05) is 19.8 Å². The number of nitrogens with zero attached hydrogens (tertiary/aromatic N) is 1. The Morgan fingerprint density at radius 1 is 1.24 bits per heavy atom. The minimum absolute atomic E-state index is 0.0842. The molecule has 100 valence electrons. The summed E-state index contributed by atoms with van der Waals surface area (Å²) in [7, 11) is 0. The van der Waals surface area contributed by atoms with Crippen LogP contribution in [0.4, 0.5) is 0 Å². The van der Waals surface area contributed by atoms with E-state index in [1.165, 1.54) is 0 Å². The lowest BCUT2D eigenvalue weighted by atomic mass is 10.0. The van der Waals surface area contributed by atoms with Crippen LogP contribution in [0.3, 0.4) is 0 Å². The van der Waals surface area contributed by atoms with Crippen LogP contribution >= 0.6 is 0 Å². The molecule has 0 aromatic heterocycles. The third-order valence-corrected chi connectivity index (χ3v) is 2.59. The summed E-state index contributed by atoms with van der Waals surface area (Å²) in [6, 6.07) is -0.707. The molecule has 6 nitrogen and oxygen atoms in total. The summed E-state index contributed by atoms with van der Waals surface area (Å²) in [6.45, 7) is 2.10. The van der Waals surface area contributed by atoms with Crippen LogP contribution in [0.1, 0.15) is 45.4 Å². The fourth-order valence-corrected chi connectivity index (χ4v) is 1.62. The van der Waals surface area contributed by atoms with E-state index in [9.17, 15) is 4.79 Å². The van der Waals surface area contributed by atoms with E-state index in [0.717, 1.165) is 32.1 Å². The Morgan fingerprint density at radius 2 is 1.82 bits per heavy atom. The van der Waals surface area contributed by atoms with Crippen molar-refractivity contribution in [1.29, 1.82) is 0 Å². The number of carboxylic acids is 1. The van der Waals surface area contributed by atoms with Crippen molar-refractivity contribution < 1.29 is 9.90 Å². The summed E-state index contributed by atoms with van der Waals surface area (Å²) in [5, 5.41) is 8.64. The Hall–Kier alpha value is -1.30. The topological polar surface area (TPSA) is 128 Å². The second-order valence-corrected chi connectivity index (χ2v) is 4.23. The van der Waals surface area contributed by atoms with Crippen LogP contribution in [-0.4, -0.2) is 29.1 Å². The normalized spacial score (nSPS) is 14.0. The van der Waals surface area contributed by atoms with Gasteiger partial charge in [-0.25, -0.2) is 0 Å². The van der Waals surface area contributed by atoms with Crippen LogP contribution in [-0.2, 0) is 4.79 Å². The molecule has 7 N–H and O–H groups in total. The van der Waals surface area contributed by atoms with Gasteiger partial charge in [0.25, 0.3) is 0 Å². The van der Waals surface area contributed by atoms with Crippen LogP contribution in [0, 0.1) is 0 Å². The van der Waals surface area contributed by atoms with Crippen molar-refractivity contribution in [3.8, 4) is 0 Å². The van der Waals surface area contributed by atoms with Crippen LogP contribution in [0.15, 0.2) is 4.99 Å². The van der Waals surface area contributed by atoms with Gasteiger partial charge in [-0.2, -0.15) is 0 Å². The Labute approximate surface area is 102 Å². The number of hydrogen-bond acceptors (Lipinski definition) is 3. The third-order valence-electron chi connectivity index (χ3n) is 2.59. The first-order valence-corrected chi connectivity index (χ1v) is 6.04. The fraction of sp³-hybridized carbons (Fsp3) is 0.818. The molecule has 0 radical (unpaired) electrons. The maximum Gasteiger partial charge on any atom is 0.320 e. The summed E-state index contributed by atoms with van der Waals surface area (Å²) < 4.78 is 0. The number of carboxylic acid groups (broad SMARTS) is 1. The first kappa shape index (κ1) is 15.7. The average Bonchev–Trinajstić information content (AvgIpc) is 2.24. The first-order chi connectivity index (χ1) is 7.97. The van der Waals surface area contributed by atoms with Gasteiger partial charge in [-0.3, -0.25) is 9.79 Å². The maximum absolute atomic E-state index is 10.5. The highest BCUT2D eigenvalue weighted by Crippen LogP contribution is 2.13. The zero-order valence-electron chi connectivity index (χ0n) is 10.4. The minimum atomic E-state index is -0.961. The van der Waals surface area contributed by atoms with Gasteiger partial charge in [0.15, 0.2) is 5.96 Å². The van der Waals surface area contributed by atoms with E-state index in [2.05, 4.69) is 11.9 Å². The lowest BCUT2D eigenvalue weighted by Crippen LogP contribution is -2.30. The van der Waals surface area contributed by atoms with Crippen LogP contribution in [0.2, 0.25) is 0 Å². The van der Waals surface area contributed by atoms with E-state index in [0.29, 0.717) is 6.42 Å². The molecule has 0 bridgehead atoms. The van der Waals surface area contributed by atoms with Gasteiger partial charge in [0.2, 0.25) is 0 Å². The van der Waals surface area contributed by atoms with Gasteiger partial charge in [0.1, 0.15) is 6.04 Å². The Bertz CT molecular complexity index is 252. The number of nitrogens with two attached hydrogens (primary N) is 3. The second-order valence-electron chi connectivity index (χ2n) is 4.23. The number of hydrogen-bond donors (Lipinski definition) is 4. The highest BCUT2D eigenvalue weighted by atomic mass is 16.4. The molecule has 0 fully saturated rings. The van der Waals surface area contributed by atoms with Crippen LogP contribution < -0.4 is 17.2 Å². The van der Waals surface area contributed by atoms with Gasteiger partial charge in [-0.15, -0.1) is 0 Å². The Kier molecular flexibility index (Phi) is 8.13. The molecular weight excluding hydrogens is 220 g/mol. The van der Waals surface area contributed by atoms with E-state index >= 15 is 0 Å². The predicted octanol–water partition coefficient (Wildman–Crippen LogP) is 0.401. The fourth-order valence-electron chi connectivity index (χ4n) is 1.62. The molecule has 2 atom stereocenters. The monoisotopic (exact) mass is 244 g/mol. The standard InChI is InChI=1S/C11H24N4O2/c1-2-3-5-8(15-11(13)14)6-4-7-9(12)10(16)17/h8-9H,2-7,12H2,1H3,(H,16,17)(H4,13,14,15). The summed E-state index contributed by atoms with van der Waals surface area (Å²) >= 11 is 0. The van der Waals surface area contributed by atoms with Crippen molar-refractivity contribution >= 4 is 11.9 Å². The van der Waals surface area contributed by atoms with Crippen molar-refractivity contribution in [2.45, 2.75) is 57.5 Å². The smallest absolute Gasteiger partial charge is 0.320 e. The molecule has 0 spiro atoms. The zero-order valence-corrected chi connectivity index (χ0v) is 10.4. The van der Waals surface area contributed by atoms with Crippen molar-refractivity contribution in [3.05, 3.63) is 0 Å². The van der Waals surface area contributed by atoms with E-state index in [4.69, 9.17) is 22.3 Å². The number of carbonyl (C=O) groups is 1. The predicted molar refractivity (Wildman–Crippen MR) is 68.6 cm³/mol. The molecule has 17 heavy (non-hydrogen) atoms. The molecule has 0 heterocycles. The molecule has 0 aliphatic rings. The number of guanidine groups is 1. The molecule has 0 rings (SSSR count). The summed E-state index contributed by atoms with van der Waals surface area (Å²) in [5.74, 6) is -0.870. The Morgan fingerprint density at radius 3 is 2.29 bits per heavy atom. The van der Waals surface area contributed by atoms with Crippen molar-refractivity contribution in [1.82, 2.24) is 0 Å². The minimum Gasteiger partial charge on any atom is -0.480 e. The molecule has 0 saturated heterocycles. The quantitative estimate of drug-likeness (QED) is 0.345. The van der Waals surface area contributed by atoms with Gasteiger partial charge < -0.3 is 22.3 Å². The van der Waals surface area contributed by atoms with E-state index < -0.39 is 12.0 Å². The molecule has 0 aliphatic carbocycles. The lowest BCUT2D eigenvalue weighted by Gasteiger charge is -2.13. The van der Waals surface area contributed by atoms with Gasteiger partial charge in [0.05, 0.1) is 6.04 Å². The molecule has 0 aromatic rings. The SMILES string of the molecule is CCCCC(CCCC(N)C(=O)O)N=C(N)N. The van der Waals surface area contributed by atoms with E-state index in [1.807, 2.05) is 0 Å².